The zero-order chi connectivity index (χ0) is 43.1. The first kappa shape index (κ1) is 53.7. The molecular weight excluding hydrogens is 715 g/mol. The monoisotopic (exact) mass is 810 g/mol. The van der Waals surface area contributed by atoms with E-state index in [-0.39, 0.29) is 23.6 Å². The van der Waals surface area contributed by atoms with E-state index in [0.29, 0.717) is 19.6 Å². The lowest BCUT2D eigenvalue weighted by molar-refractivity contribution is -0.134. The van der Waals surface area contributed by atoms with Crippen molar-refractivity contribution in [1.82, 2.24) is 29.8 Å². The zero-order valence-electron chi connectivity index (χ0n) is 39.4. The number of likely N-dealkylation sites (N-methyl/N-ethyl adjacent to an activating group) is 1. The van der Waals surface area contributed by atoms with Gasteiger partial charge >= 0.3 is 0 Å². The third kappa shape index (κ3) is 25.8. The summed E-state index contributed by atoms with van der Waals surface area (Å²) in [6.45, 7) is 31.8. The Balaban J connectivity index is 0.000000359. The fraction of sp³-hybridized carbons (Fsp3) is 0.957. The molecule has 0 saturated carbocycles. The zero-order valence-corrected chi connectivity index (χ0v) is 39.4. The Hall–Kier alpha value is -1.34. The number of aliphatic hydroxyl groups is 2. The number of β-amino-alcohol motifs (C(OH)–C–C–N with tert-alkyl or cyclic N) is 1. The van der Waals surface area contributed by atoms with Crippen LogP contribution in [0.4, 0.5) is 0 Å². The minimum Gasteiger partial charge on any atom is -0.395 e. The summed E-state index contributed by atoms with van der Waals surface area (Å²) in [5.41, 5.74) is 5.45. The first-order valence-corrected chi connectivity index (χ1v) is 23.2. The van der Waals surface area contributed by atoms with Gasteiger partial charge in [0.15, 0.2) is 0 Å². The largest absolute Gasteiger partial charge is 0.395 e. The summed E-state index contributed by atoms with van der Waals surface area (Å²) in [6.07, 6.45) is 13.5. The molecule has 11 heteroatoms. The van der Waals surface area contributed by atoms with Gasteiger partial charge in [0.2, 0.25) is 11.8 Å². The molecule has 4 atom stereocenters. The van der Waals surface area contributed by atoms with E-state index in [1.54, 1.807) is 0 Å². The molecule has 0 aliphatic carbocycles. The Morgan fingerprint density at radius 3 is 1.42 bits per heavy atom. The number of nitrogens with zero attached hydrogens (tertiary/aromatic N) is 5. The third-order valence-corrected chi connectivity index (χ3v) is 12.3. The molecule has 5 saturated heterocycles. The molecule has 2 unspecified atom stereocenters. The Morgan fingerprint density at radius 1 is 0.684 bits per heavy atom. The maximum absolute atomic E-state index is 11.8. The van der Waals surface area contributed by atoms with Crippen molar-refractivity contribution in [3.63, 3.8) is 0 Å². The second kappa shape index (κ2) is 29.0. The molecule has 5 rings (SSSR count). The van der Waals surface area contributed by atoms with Crippen LogP contribution in [0.3, 0.4) is 0 Å². The van der Waals surface area contributed by atoms with Gasteiger partial charge < -0.3 is 40.9 Å². The number of hydrogen-bond acceptors (Lipinski definition) is 9. The molecule has 5 N–H and O–H groups in total. The minimum absolute atomic E-state index is 0.192. The van der Waals surface area contributed by atoms with Crippen LogP contribution in [0, 0.1) is 29.6 Å². The predicted octanol–water partition coefficient (Wildman–Crippen LogP) is 6.12. The second-order valence-electron chi connectivity index (χ2n) is 19.9. The number of nitrogens with two attached hydrogens (primary N) is 1. The maximum atomic E-state index is 11.8. The highest BCUT2D eigenvalue weighted by Crippen LogP contribution is 2.21. The summed E-state index contributed by atoms with van der Waals surface area (Å²) >= 11 is 0. The van der Waals surface area contributed by atoms with Crippen LogP contribution in [-0.2, 0) is 9.59 Å². The highest BCUT2D eigenvalue weighted by atomic mass is 16.3. The van der Waals surface area contributed by atoms with Gasteiger partial charge in [-0.05, 0) is 155 Å². The predicted molar refractivity (Wildman–Crippen MR) is 240 cm³/mol. The number of likely N-dealkylation sites (tertiary alicyclic amines) is 4. The smallest absolute Gasteiger partial charge is 0.236 e. The van der Waals surface area contributed by atoms with Gasteiger partial charge in [-0.2, -0.15) is 0 Å². The SMILES string of the molecule is CC1CCN(C(=O)CC(C)(C)N)CC1.CC1CCN(C(=O)CN(C)C)CC1.CC1CCN(CCO)CC1.CC1C[C@@H](C)N[C@@H](C)C1.CCC(O)N1CCC(C)CC1. The molecular formula is C46H95N7O4. The number of aliphatic hydroxyl groups excluding tert-OH is 2. The number of nitrogens with one attached hydrogen (secondary N) is 1. The molecule has 5 fully saturated rings. The quantitative estimate of drug-likeness (QED) is 0.230. The molecule has 0 spiro atoms. The number of amides is 2. The van der Waals surface area contributed by atoms with Gasteiger partial charge in [0.25, 0.3) is 0 Å². The fourth-order valence-electron chi connectivity index (χ4n) is 8.33. The van der Waals surface area contributed by atoms with Crippen LogP contribution in [0.2, 0.25) is 0 Å². The molecule has 5 aliphatic rings. The summed E-state index contributed by atoms with van der Waals surface area (Å²) in [5, 5.41) is 21.6. The summed E-state index contributed by atoms with van der Waals surface area (Å²) in [4.78, 5) is 33.7. The molecule has 0 radical (unpaired) electrons. The number of carbonyl (C=O) groups is 2. The standard InChI is InChI=1S/C11H22N2O.C10H20N2O.C9H19NO.C8H17NO.C8H17N/c1-9-4-6-13(7-5-9)10(14)8-11(2,3)12;1-9-4-6-12(7-5-9)10(13)8-11(2)3;1-3-9(11)10-6-4-8(2)5-7-10;1-8-2-4-9(5-3-8)6-7-10;1-6-4-7(2)9-8(3)5-6/h9H,4-8,12H2,1-3H3;9H,4-8H2,1-3H3;8-9,11H,3-7H2,1-2H3;8,10H,2-7H2,1H3;6-9H,4-5H2,1-3H3/t;;;;6?,7-,8+. The highest BCUT2D eigenvalue weighted by molar-refractivity contribution is 5.78. The van der Waals surface area contributed by atoms with Crippen LogP contribution in [0.1, 0.15) is 146 Å². The normalized spacial score (nSPS) is 25.4. The van der Waals surface area contributed by atoms with Crippen LogP contribution in [0.25, 0.3) is 0 Å². The van der Waals surface area contributed by atoms with Crippen molar-refractivity contribution in [2.45, 2.75) is 170 Å². The van der Waals surface area contributed by atoms with Gasteiger partial charge in [-0.1, -0.05) is 41.5 Å². The van der Waals surface area contributed by atoms with E-state index in [1.807, 2.05) is 49.6 Å². The third-order valence-electron chi connectivity index (χ3n) is 12.3. The molecule has 5 heterocycles. The minimum atomic E-state index is -0.375. The second-order valence-corrected chi connectivity index (χ2v) is 19.9. The van der Waals surface area contributed by atoms with Gasteiger partial charge in [0.1, 0.15) is 6.23 Å². The van der Waals surface area contributed by atoms with Crippen molar-refractivity contribution in [3.05, 3.63) is 0 Å². The molecule has 338 valence electrons. The van der Waals surface area contributed by atoms with E-state index >= 15 is 0 Å². The van der Waals surface area contributed by atoms with Crippen LogP contribution in [-0.4, -0.2) is 157 Å². The lowest BCUT2D eigenvalue weighted by Gasteiger charge is -2.33. The molecule has 57 heavy (non-hydrogen) atoms. The molecule has 0 bridgehead atoms. The van der Waals surface area contributed by atoms with Gasteiger partial charge in [-0.15, -0.1) is 0 Å². The highest BCUT2D eigenvalue weighted by Gasteiger charge is 2.25. The molecule has 0 aromatic heterocycles. The number of piperidine rings is 5. The molecule has 5 aliphatic heterocycles. The number of carbonyl (C=O) groups excluding carboxylic acids is 2. The molecule has 11 nitrogen and oxygen atoms in total. The maximum Gasteiger partial charge on any atom is 0.236 e. The van der Waals surface area contributed by atoms with Crippen molar-refractivity contribution in [3.8, 4) is 0 Å². The van der Waals surface area contributed by atoms with Crippen molar-refractivity contribution in [2.75, 3.05) is 86.1 Å². The average molecular weight is 810 g/mol. The van der Waals surface area contributed by atoms with E-state index in [0.717, 1.165) is 107 Å². The van der Waals surface area contributed by atoms with Crippen LogP contribution < -0.4 is 11.1 Å². The van der Waals surface area contributed by atoms with Crippen LogP contribution in [0.15, 0.2) is 0 Å². The molecule has 0 aromatic carbocycles. The Kier molecular flexibility index (Phi) is 27.3. The van der Waals surface area contributed by atoms with Gasteiger partial charge in [-0.3, -0.25) is 14.5 Å². The first-order valence-electron chi connectivity index (χ1n) is 23.2. The Morgan fingerprint density at radius 2 is 1.07 bits per heavy atom. The van der Waals surface area contributed by atoms with Crippen molar-refractivity contribution < 1.29 is 19.8 Å². The first-order chi connectivity index (χ1) is 26.7. The average Bonchev–Trinajstić information content (AvgIpc) is 3.13. The molecule has 2 amide bonds. The van der Waals surface area contributed by atoms with E-state index in [2.05, 4.69) is 63.6 Å². The van der Waals surface area contributed by atoms with E-state index in [1.165, 1.54) is 64.5 Å². The van der Waals surface area contributed by atoms with Crippen molar-refractivity contribution in [1.29, 1.82) is 0 Å². The van der Waals surface area contributed by atoms with Crippen LogP contribution in [0.5, 0.6) is 0 Å². The topological polar surface area (TPSA) is 129 Å². The lowest BCUT2D eigenvalue weighted by Crippen LogP contribution is -2.44. The van der Waals surface area contributed by atoms with E-state index in [4.69, 9.17) is 10.8 Å². The van der Waals surface area contributed by atoms with Gasteiger partial charge in [-0.25, -0.2) is 0 Å². The number of rotatable bonds is 8. The van der Waals surface area contributed by atoms with Gasteiger partial charge in [0, 0.05) is 69.9 Å². The fourth-order valence-corrected chi connectivity index (χ4v) is 8.33. The summed E-state index contributed by atoms with van der Waals surface area (Å²) < 4.78 is 0. The summed E-state index contributed by atoms with van der Waals surface area (Å²) in [7, 11) is 3.87. The van der Waals surface area contributed by atoms with Gasteiger partial charge in [0.05, 0.1) is 13.2 Å². The van der Waals surface area contributed by atoms with Crippen molar-refractivity contribution >= 4 is 11.8 Å². The Bertz CT molecular complexity index is 1000. The van der Waals surface area contributed by atoms with E-state index in [9.17, 15) is 14.7 Å². The molecule has 0 aromatic rings. The van der Waals surface area contributed by atoms with E-state index < -0.39 is 0 Å². The lowest BCUT2D eigenvalue weighted by atomic mass is 9.91. The Labute approximate surface area is 352 Å². The van der Waals surface area contributed by atoms with Crippen molar-refractivity contribution in [2.24, 2.45) is 35.3 Å². The summed E-state index contributed by atoms with van der Waals surface area (Å²) in [5.74, 6) is 4.73. The van der Waals surface area contributed by atoms with Crippen LogP contribution >= 0.6 is 0 Å². The number of hydrogen-bond donors (Lipinski definition) is 4. The summed E-state index contributed by atoms with van der Waals surface area (Å²) in [6, 6.07) is 1.48.